The van der Waals surface area contributed by atoms with Crippen LogP contribution < -0.4 is 20.1 Å². The molecule has 2 aromatic rings. The quantitative estimate of drug-likeness (QED) is 0.566. The molecule has 11 heteroatoms. The summed E-state index contributed by atoms with van der Waals surface area (Å²) in [6, 6.07) is 7.67. The second kappa shape index (κ2) is 10.0. The maximum Gasteiger partial charge on any atom is 0.237 e. The van der Waals surface area contributed by atoms with E-state index in [4.69, 9.17) is 21.1 Å². The number of carbonyl (C=O) groups excluding carboxylic acids is 2. The van der Waals surface area contributed by atoms with Crippen LogP contribution in [0.25, 0.3) is 0 Å². The Hall–Kier alpha value is -2.43. The van der Waals surface area contributed by atoms with E-state index in [0.29, 0.717) is 23.6 Å². The van der Waals surface area contributed by atoms with Crippen LogP contribution in [0, 0.1) is 0 Å². The number of rotatable bonds is 8. The number of thioether (sulfide) groups is 1. The van der Waals surface area contributed by atoms with Gasteiger partial charge in [-0.25, -0.2) is 8.42 Å². The predicted octanol–water partition coefficient (Wildman–Crippen LogP) is 3.98. The Kier molecular flexibility index (Phi) is 7.58. The van der Waals surface area contributed by atoms with E-state index in [2.05, 4.69) is 10.6 Å². The number of methoxy groups -OCH3 is 2. The van der Waals surface area contributed by atoms with Crippen molar-refractivity contribution in [1.29, 1.82) is 0 Å². The lowest BCUT2D eigenvalue weighted by Crippen LogP contribution is -2.28. The fraction of sp³-hybridized carbons (Fsp3) is 0.333. The molecule has 2 amide bonds. The average molecular weight is 499 g/mol. The molecule has 0 saturated carbocycles. The molecule has 1 aliphatic rings. The van der Waals surface area contributed by atoms with Crippen LogP contribution in [0.3, 0.4) is 0 Å². The van der Waals surface area contributed by atoms with Crippen LogP contribution in [0.5, 0.6) is 11.5 Å². The summed E-state index contributed by atoms with van der Waals surface area (Å²) in [5.41, 5.74) is 0.696. The molecule has 0 saturated heterocycles. The highest BCUT2D eigenvalue weighted by Crippen LogP contribution is 2.39. The van der Waals surface area contributed by atoms with Crippen LogP contribution in [-0.4, -0.2) is 45.5 Å². The molecule has 8 nitrogen and oxygen atoms in total. The molecule has 3 rings (SSSR count). The van der Waals surface area contributed by atoms with Crippen molar-refractivity contribution in [3.63, 3.8) is 0 Å². The lowest BCUT2D eigenvalue weighted by molar-refractivity contribution is -0.116. The molecule has 172 valence electrons. The van der Waals surface area contributed by atoms with E-state index >= 15 is 0 Å². The Morgan fingerprint density at radius 1 is 1.22 bits per heavy atom. The van der Waals surface area contributed by atoms with Crippen molar-refractivity contribution >= 4 is 56.4 Å². The van der Waals surface area contributed by atoms with E-state index in [-0.39, 0.29) is 33.2 Å². The number of halogens is 1. The molecule has 1 heterocycles. The van der Waals surface area contributed by atoms with Gasteiger partial charge in [0.25, 0.3) is 0 Å². The summed E-state index contributed by atoms with van der Waals surface area (Å²) in [6.45, 7) is 1.92. The summed E-state index contributed by atoms with van der Waals surface area (Å²) < 4.78 is 35.9. The summed E-state index contributed by atoms with van der Waals surface area (Å²) in [6.07, 6.45) is 0.387. The van der Waals surface area contributed by atoms with Gasteiger partial charge in [-0.2, -0.15) is 0 Å². The van der Waals surface area contributed by atoms with E-state index < -0.39 is 21.5 Å². The summed E-state index contributed by atoms with van der Waals surface area (Å²) in [7, 11) is -0.869. The zero-order valence-electron chi connectivity index (χ0n) is 17.7. The van der Waals surface area contributed by atoms with Gasteiger partial charge >= 0.3 is 0 Å². The number of sulfone groups is 1. The molecule has 0 spiro atoms. The standard InChI is InChI=1S/C21H23ClN2O6S2/c1-4-17-21(26)23-15-11-13(5-6-18(15)31-17)32(27,28)8-7-19(25)24-20-14(22)9-12(29-2)10-16(20)30-3/h5-6,9-11,17H,4,7-8H2,1-3H3,(H,23,26)(H,24,25)/t17-/m0/s1. The number of carbonyl (C=O) groups is 2. The number of nitrogens with one attached hydrogen (secondary N) is 2. The fourth-order valence-electron chi connectivity index (χ4n) is 3.10. The number of anilines is 2. The molecule has 1 atom stereocenters. The Bertz CT molecular complexity index is 1150. The third-order valence-corrected chi connectivity index (χ3v) is 8.30. The first-order valence-corrected chi connectivity index (χ1v) is 12.6. The summed E-state index contributed by atoms with van der Waals surface area (Å²) in [4.78, 5) is 25.4. The number of hydrogen-bond donors (Lipinski definition) is 2. The Morgan fingerprint density at radius 2 is 1.97 bits per heavy atom. The van der Waals surface area contributed by atoms with Crippen molar-refractivity contribution in [1.82, 2.24) is 0 Å². The second-order valence-corrected chi connectivity index (χ2v) is 10.7. The summed E-state index contributed by atoms with van der Waals surface area (Å²) in [5, 5.41) is 5.35. The lowest BCUT2D eigenvalue weighted by atomic mass is 10.2. The highest BCUT2D eigenvalue weighted by atomic mass is 35.5. The van der Waals surface area contributed by atoms with Gasteiger partial charge in [0.05, 0.1) is 40.8 Å². The van der Waals surface area contributed by atoms with E-state index in [1.807, 2.05) is 6.92 Å². The van der Waals surface area contributed by atoms with E-state index in [0.717, 1.165) is 4.90 Å². The molecular formula is C21H23ClN2O6S2. The predicted molar refractivity (Wildman–Crippen MR) is 125 cm³/mol. The first kappa shape index (κ1) is 24.2. The SMILES string of the molecule is CC[C@@H]1Sc2ccc(S(=O)(=O)CCC(=O)Nc3c(Cl)cc(OC)cc3OC)cc2NC1=O. The number of ether oxygens (including phenoxy) is 2. The van der Waals surface area contributed by atoms with Gasteiger partial charge < -0.3 is 20.1 Å². The maximum atomic E-state index is 12.8. The van der Waals surface area contributed by atoms with Gasteiger partial charge in [-0.15, -0.1) is 11.8 Å². The van der Waals surface area contributed by atoms with Crippen LogP contribution >= 0.6 is 23.4 Å². The second-order valence-electron chi connectivity index (χ2n) is 6.97. The minimum Gasteiger partial charge on any atom is -0.497 e. The molecule has 0 bridgehead atoms. The van der Waals surface area contributed by atoms with Crippen LogP contribution in [0.4, 0.5) is 11.4 Å². The molecule has 2 aromatic carbocycles. The van der Waals surface area contributed by atoms with Crippen molar-refractivity contribution in [3.05, 3.63) is 35.4 Å². The van der Waals surface area contributed by atoms with Gasteiger partial charge in [0.15, 0.2) is 9.84 Å². The molecule has 0 radical (unpaired) electrons. The van der Waals surface area contributed by atoms with E-state index in [9.17, 15) is 18.0 Å². The average Bonchev–Trinajstić information content (AvgIpc) is 2.77. The van der Waals surface area contributed by atoms with Gasteiger partial charge in [-0.05, 0) is 24.6 Å². The van der Waals surface area contributed by atoms with Gasteiger partial charge in [0, 0.05) is 23.4 Å². The monoisotopic (exact) mass is 498 g/mol. The Morgan fingerprint density at radius 3 is 2.62 bits per heavy atom. The zero-order valence-corrected chi connectivity index (χ0v) is 20.1. The molecule has 1 aliphatic heterocycles. The summed E-state index contributed by atoms with van der Waals surface area (Å²) >= 11 is 7.60. The van der Waals surface area contributed by atoms with Gasteiger partial charge in [-0.1, -0.05) is 18.5 Å². The van der Waals surface area contributed by atoms with Gasteiger partial charge in [0.2, 0.25) is 11.8 Å². The van der Waals surface area contributed by atoms with Crippen molar-refractivity contribution in [2.75, 3.05) is 30.6 Å². The first-order chi connectivity index (χ1) is 15.2. The number of amides is 2. The minimum absolute atomic E-state index is 0.0416. The van der Waals surface area contributed by atoms with Gasteiger partial charge in [0.1, 0.15) is 17.2 Å². The first-order valence-electron chi connectivity index (χ1n) is 9.74. The van der Waals surface area contributed by atoms with Crippen molar-refractivity contribution in [2.45, 2.75) is 34.8 Å². The fourth-order valence-corrected chi connectivity index (χ4v) is 5.63. The van der Waals surface area contributed by atoms with Crippen LogP contribution in [0.1, 0.15) is 19.8 Å². The molecule has 0 fully saturated rings. The van der Waals surface area contributed by atoms with Crippen molar-refractivity contribution < 1.29 is 27.5 Å². The number of benzene rings is 2. The van der Waals surface area contributed by atoms with Crippen molar-refractivity contribution in [2.24, 2.45) is 0 Å². The zero-order chi connectivity index (χ0) is 23.5. The van der Waals surface area contributed by atoms with Crippen LogP contribution in [0.15, 0.2) is 40.1 Å². The molecule has 32 heavy (non-hydrogen) atoms. The topological polar surface area (TPSA) is 111 Å². The van der Waals surface area contributed by atoms with Gasteiger partial charge in [-0.3, -0.25) is 9.59 Å². The molecule has 0 aromatic heterocycles. The molecule has 2 N–H and O–H groups in total. The van der Waals surface area contributed by atoms with Crippen LogP contribution in [0.2, 0.25) is 5.02 Å². The van der Waals surface area contributed by atoms with E-state index in [1.165, 1.54) is 44.2 Å². The third-order valence-electron chi connectivity index (χ3n) is 4.85. The largest absolute Gasteiger partial charge is 0.497 e. The highest BCUT2D eigenvalue weighted by molar-refractivity contribution is 8.01. The Balaban J connectivity index is 1.70. The van der Waals surface area contributed by atoms with Crippen molar-refractivity contribution in [3.8, 4) is 11.5 Å². The Labute approximate surface area is 195 Å². The third kappa shape index (κ3) is 5.31. The van der Waals surface area contributed by atoms with E-state index in [1.54, 1.807) is 12.1 Å². The van der Waals surface area contributed by atoms with Crippen LogP contribution in [-0.2, 0) is 19.4 Å². The smallest absolute Gasteiger partial charge is 0.237 e. The maximum absolute atomic E-state index is 12.8. The number of hydrogen-bond acceptors (Lipinski definition) is 7. The highest BCUT2D eigenvalue weighted by Gasteiger charge is 2.27. The minimum atomic E-state index is -3.76. The number of fused-ring (bicyclic) bond motifs is 1. The molecule has 0 unspecified atom stereocenters. The lowest BCUT2D eigenvalue weighted by Gasteiger charge is -2.23. The normalized spacial score (nSPS) is 15.5. The molecule has 0 aliphatic carbocycles. The summed E-state index contributed by atoms with van der Waals surface area (Å²) in [5.74, 6) is -0.350. The molecular weight excluding hydrogens is 476 g/mol.